The molecule has 8 heteroatoms. The van der Waals surface area contributed by atoms with Gasteiger partial charge in [-0.3, -0.25) is 0 Å². The minimum absolute atomic E-state index is 0.0410. The molecule has 0 aliphatic heterocycles. The van der Waals surface area contributed by atoms with Crippen LogP contribution in [-0.2, 0) is 22.6 Å². The molecule has 0 aliphatic carbocycles. The lowest BCUT2D eigenvalue weighted by Crippen LogP contribution is -2.06. The van der Waals surface area contributed by atoms with E-state index < -0.39 is 12.6 Å². The molecule has 0 radical (unpaired) electrons. The minimum Gasteiger partial charge on any atom is -0.480 e. The Hall–Kier alpha value is -1.63. The van der Waals surface area contributed by atoms with Gasteiger partial charge in [0, 0.05) is 6.42 Å². The number of aromatic nitrogens is 2. The SMILES string of the molecule is O=C(O)COCc1nc(Cc2ccc(Cl)c(Cl)c2)no1. The zero-order valence-electron chi connectivity index (χ0n) is 10.2. The number of hydrogen-bond acceptors (Lipinski definition) is 5. The van der Waals surface area contributed by atoms with E-state index in [1.165, 1.54) is 0 Å². The van der Waals surface area contributed by atoms with Crippen LogP contribution >= 0.6 is 23.2 Å². The van der Waals surface area contributed by atoms with E-state index in [1.807, 2.05) is 6.07 Å². The van der Waals surface area contributed by atoms with Crippen LogP contribution in [0.25, 0.3) is 0 Å². The summed E-state index contributed by atoms with van der Waals surface area (Å²) in [5.41, 5.74) is 0.887. The average molecular weight is 317 g/mol. The van der Waals surface area contributed by atoms with Crippen molar-refractivity contribution in [1.29, 1.82) is 0 Å². The van der Waals surface area contributed by atoms with Crippen LogP contribution in [0.4, 0.5) is 0 Å². The molecule has 106 valence electrons. The lowest BCUT2D eigenvalue weighted by atomic mass is 10.1. The third-order valence-corrected chi connectivity index (χ3v) is 3.05. The molecular weight excluding hydrogens is 307 g/mol. The highest BCUT2D eigenvalue weighted by Crippen LogP contribution is 2.23. The Morgan fingerprint density at radius 3 is 2.85 bits per heavy atom. The lowest BCUT2D eigenvalue weighted by molar-refractivity contribution is -0.142. The lowest BCUT2D eigenvalue weighted by Gasteiger charge is -1.99. The van der Waals surface area contributed by atoms with Gasteiger partial charge in [-0.15, -0.1) is 0 Å². The van der Waals surface area contributed by atoms with Gasteiger partial charge >= 0.3 is 5.97 Å². The molecule has 1 N–H and O–H groups in total. The second kappa shape index (κ2) is 6.69. The van der Waals surface area contributed by atoms with Gasteiger partial charge < -0.3 is 14.4 Å². The smallest absolute Gasteiger partial charge is 0.329 e. The number of halogens is 2. The Bertz CT molecular complexity index is 615. The summed E-state index contributed by atoms with van der Waals surface area (Å²) in [4.78, 5) is 14.4. The summed E-state index contributed by atoms with van der Waals surface area (Å²) in [5.74, 6) is -0.376. The first kappa shape index (κ1) is 14.8. The van der Waals surface area contributed by atoms with Crippen LogP contribution in [0.3, 0.4) is 0 Å². The van der Waals surface area contributed by atoms with Crippen LogP contribution in [0.2, 0.25) is 10.0 Å². The first-order valence-electron chi connectivity index (χ1n) is 5.59. The summed E-state index contributed by atoms with van der Waals surface area (Å²) in [5, 5.41) is 13.1. The summed E-state index contributed by atoms with van der Waals surface area (Å²) < 4.78 is 9.78. The van der Waals surface area contributed by atoms with Gasteiger partial charge in [0.25, 0.3) is 5.89 Å². The van der Waals surface area contributed by atoms with Crippen LogP contribution in [-0.4, -0.2) is 27.8 Å². The first-order chi connectivity index (χ1) is 9.54. The largest absolute Gasteiger partial charge is 0.480 e. The molecule has 0 aliphatic rings. The van der Waals surface area contributed by atoms with Gasteiger partial charge in [0.2, 0.25) is 0 Å². The van der Waals surface area contributed by atoms with E-state index in [2.05, 4.69) is 10.1 Å². The number of ether oxygens (including phenoxy) is 1. The Morgan fingerprint density at radius 1 is 1.35 bits per heavy atom. The standard InChI is InChI=1S/C12H10Cl2N2O4/c13-8-2-1-7(3-9(8)14)4-10-15-11(20-16-10)5-19-6-12(17)18/h1-3H,4-6H2,(H,17,18). The molecule has 0 saturated carbocycles. The van der Waals surface area contributed by atoms with Crippen molar-refractivity contribution >= 4 is 29.2 Å². The molecule has 2 rings (SSSR count). The van der Waals surface area contributed by atoms with E-state index >= 15 is 0 Å². The highest BCUT2D eigenvalue weighted by atomic mass is 35.5. The van der Waals surface area contributed by atoms with Crippen molar-refractivity contribution in [3.63, 3.8) is 0 Å². The van der Waals surface area contributed by atoms with Crippen molar-refractivity contribution in [3.8, 4) is 0 Å². The third-order valence-electron chi connectivity index (χ3n) is 2.31. The molecular formula is C12H10Cl2N2O4. The number of carboxylic acids is 1. The van der Waals surface area contributed by atoms with Crippen LogP contribution in [0, 0.1) is 0 Å². The topological polar surface area (TPSA) is 85.5 Å². The van der Waals surface area contributed by atoms with Crippen molar-refractivity contribution in [1.82, 2.24) is 10.1 Å². The van der Waals surface area contributed by atoms with Crippen molar-refractivity contribution in [2.24, 2.45) is 0 Å². The fourth-order valence-electron chi connectivity index (χ4n) is 1.48. The van der Waals surface area contributed by atoms with E-state index in [1.54, 1.807) is 12.1 Å². The summed E-state index contributed by atoms with van der Waals surface area (Å²) in [6.45, 7) is -0.453. The molecule has 2 aromatic rings. The Balaban J connectivity index is 1.95. The summed E-state index contributed by atoms with van der Waals surface area (Å²) in [7, 11) is 0. The number of hydrogen-bond donors (Lipinski definition) is 1. The maximum Gasteiger partial charge on any atom is 0.329 e. The van der Waals surface area contributed by atoms with E-state index in [9.17, 15) is 4.79 Å². The molecule has 20 heavy (non-hydrogen) atoms. The number of rotatable bonds is 6. The summed E-state index contributed by atoms with van der Waals surface area (Å²) >= 11 is 11.7. The van der Waals surface area contributed by atoms with Crippen molar-refractivity contribution in [2.45, 2.75) is 13.0 Å². The fraction of sp³-hybridized carbons (Fsp3) is 0.250. The maximum atomic E-state index is 10.3. The molecule has 0 bridgehead atoms. The van der Waals surface area contributed by atoms with Crippen LogP contribution in [0.1, 0.15) is 17.3 Å². The average Bonchev–Trinajstić information content (AvgIpc) is 2.81. The molecule has 6 nitrogen and oxygen atoms in total. The van der Waals surface area contributed by atoms with E-state index in [-0.39, 0.29) is 12.5 Å². The van der Waals surface area contributed by atoms with Gasteiger partial charge in [-0.05, 0) is 17.7 Å². The zero-order chi connectivity index (χ0) is 14.5. The number of benzene rings is 1. The highest BCUT2D eigenvalue weighted by Gasteiger charge is 2.09. The predicted molar refractivity (Wildman–Crippen MR) is 70.9 cm³/mol. The molecule has 1 aromatic heterocycles. The van der Waals surface area contributed by atoms with Gasteiger partial charge in [-0.1, -0.05) is 34.4 Å². The number of carboxylic acid groups (broad SMARTS) is 1. The van der Waals surface area contributed by atoms with E-state index in [0.717, 1.165) is 5.56 Å². The molecule has 0 unspecified atom stereocenters. The molecule has 0 saturated heterocycles. The fourth-order valence-corrected chi connectivity index (χ4v) is 1.80. The van der Waals surface area contributed by atoms with Crippen molar-refractivity contribution < 1.29 is 19.2 Å². The molecule has 0 atom stereocenters. The molecule has 0 amide bonds. The molecule has 1 heterocycles. The molecule has 0 fully saturated rings. The predicted octanol–water partition coefficient (Wildman–Crippen LogP) is 2.57. The highest BCUT2D eigenvalue weighted by molar-refractivity contribution is 6.42. The molecule has 1 aromatic carbocycles. The normalized spacial score (nSPS) is 10.7. The minimum atomic E-state index is -1.06. The van der Waals surface area contributed by atoms with Gasteiger partial charge in [-0.2, -0.15) is 4.98 Å². The van der Waals surface area contributed by atoms with Gasteiger partial charge in [0.05, 0.1) is 10.0 Å². The van der Waals surface area contributed by atoms with E-state index in [0.29, 0.717) is 22.3 Å². The van der Waals surface area contributed by atoms with Crippen molar-refractivity contribution in [3.05, 3.63) is 45.5 Å². The van der Waals surface area contributed by atoms with Crippen molar-refractivity contribution in [2.75, 3.05) is 6.61 Å². The number of aliphatic carboxylic acids is 1. The van der Waals surface area contributed by atoms with Crippen LogP contribution in [0.15, 0.2) is 22.7 Å². The Kier molecular flexibility index (Phi) is 4.94. The number of carbonyl (C=O) groups is 1. The monoisotopic (exact) mass is 316 g/mol. The second-order valence-corrected chi connectivity index (χ2v) is 4.73. The third kappa shape index (κ3) is 4.19. The number of nitrogens with zero attached hydrogens (tertiary/aromatic N) is 2. The van der Waals surface area contributed by atoms with Gasteiger partial charge in [0.15, 0.2) is 5.82 Å². The van der Waals surface area contributed by atoms with Gasteiger partial charge in [0.1, 0.15) is 13.2 Å². The Labute approximate surface area is 124 Å². The zero-order valence-corrected chi connectivity index (χ0v) is 11.7. The quantitative estimate of drug-likeness (QED) is 0.881. The summed E-state index contributed by atoms with van der Waals surface area (Å²) in [6, 6.07) is 5.22. The van der Waals surface area contributed by atoms with Gasteiger partial charge in [-0.25, -0.2) is 4.79 Å². The first-order valence-corrected chi connectivity index (χ1v) is 6.35. The van der Waals surface area contributed by atoms with E-state index in [4.69, 9.17) is 37.6 Å². The molecule has 0 spiro atoms. The Morgan fingerprint density at radius 2 is 2.15 bits per heavy atom. The second-order valence-electron chi connectivity index (χ2n) is 3.92. The van der Waals surface area contributed by atoms with Crippen LogP contribution in [0.5, 0.6) is 0 Å². The van der Waals surface area contributed by atoms with Crippen LogP contribution < -0.4 is 0 Å². The maximum absolute atomic E-state index is 10.3. The summed E-state index contributed by atoms with van der Waals surface area (Å²) in [6.07, 6.45) is 0.430.